The molecule has 0 fully saturated rings. The average Bonchev–Trinajstić information content (AvgIpc) is 3.03. The summed E-state index contributed by atoms with van der Waals surface area (Å²) >= 11 is 15.8. The lowest BCUT2D eigenvalue weighted by Crippen LogP contribution is -2.25. The monoisotopic (exact) mass is 483 g/mol. The molecular weight excluding hydrogens is 469 g/mol. The molecule has 144 valence electrons. The van der Waals surface area contributed by atoms with E-state index in [1.807, 2.05) is 67.6 Å². The highest BCUT2D eigenvalue weighted by molar-refractivity contribution is 9.10. The van der Waals surface area contributed by atoms with E-state index in [0.717, 1.165) is 32.5 Å². The standard InChI is InChI=1S/C24H16BrCl2NO/c1-15-11-20(9-10-21(15)25)28-23(16-5-3-2-4-6-16)13-18(24(28)29)12-17-7-8-19(26)14-22(17)27/h2-14H,1H3/b18-12+. The van der Waals surface area contributed by atoms with Crippen LogP contribution in [0.2, 0.25) is 10.0 Å². The van der Waals surface area contributed by atoms with Crippen molar-refractivity contribution < 1.29 is 4.79 Å². The number of rotatable bonds is 3. The van der Waals surface area contributed by atoms with Gasteiger partial charge in [-0.1, -0.05) is 75.5 Å². The molecule has 3 aromatic rings. The van der Waals surface area contributed by atoms with Gasteiger partial charge in [-0.2, -0.15) is 0 Å². The minimum absolute atomic E-state index is 0.100. The van der Waals surface area contributed by atoms with Gasteiger partial charge in [0.05, 0.1) is 5.70 Å². The first-order chi connectivity index (χ1) is 13.9. The van der Waals surface area contributed by atoms with E-state index < -0.39 is 0 Å². The Hall–Kier alpha value is -2.33. The Morgan fingerprint density at radius 3 is 2.41 bits per heavy atom. The van der Waals surface area contributed by atoms with Crippen LogP contribution in [0.5, 0.6) is 0 Å². The summed E-state index contributed by atoms with van der Waals surface area (Å²) in [5.74, 6) is -0.100. The fraction of sp³-hybridized carbons (Fsp3) is 0.0417. The number of halogens is 3. The summed E-state index contributed by atoms with van der Waals surface area (Å²) in [7, 11) is 0. The van der Waals surface area contributed by atoms with E-state index in [9.17, 15) is 4.79 Å². The third-order valence-corrected chi connectivity index (χ3v) is 6.18. The number of anilines is 1. The van der Waals surface area contributed by atoms with E-state index in [2.05, 4.69) is 15.9 Å². The molecule has 3 aromatic carbocycles. The molecule has 1 aliphatic rings. The third-order valence-electron chi connectivity index (χ3n) is 4.73. The number of nitrogens with zero attached hydrogens (tertiary/aromatic N) is 1. The van der Waals surface area contributed by atoms with Gasteiger partial charge >= 0.3 is 0 Å². The van der Waals surface area contributed by atoms with E-state index in [1.165, 1.54) is 0 Å². The summed E-state index contributed by atoms with van der Waals surface area (Å²) in [6.07, 6.45) is 3.70. The van der Waals surface area contributed by atoms with Gasteiger partial charge in [-0.05, 0) is 66.1 Å². The first-order valence-corrected chi connectivity index (χ1v) is 10.5. The number of hydrogen-bond donors (Lipinski definition) is 0. The maximum atomic E-state index is 13.4. The number of aryl methyl sites for hydroxylation is 1. The molecule has 5 heteroatoms. The van der Waals surface area contributed by atoms with Crippen LogP contribution in [-0.4, -0.2) is 5.91 Å². The fourth-order valence-electron chi connectivity index (χ4n) is 3.25. The van der Waals surface area contributed by atoms with Gasteiger partial charge in [-0.15, -0.1) is 0 Å². The Bertz CT molecular complexity index is 1170. The lowest BCUT2D eigenvalue weighted by Gasteiger charge is -2.21. The molecule has 0 atom stereocenters. The smallest absolute Gasteiger partial charge is 0.262 e. The van der Waals surface area contributed by atoms with Crippen molar-refractivity contribution in [1.29, 1.82) is 0 Å². The van der Waals surface area contributed by atoms with Crippen molar-refractivity contribution >= 4 is 62.5 Å². The van der Waals surface area contributed by atoms with E-state index in [-0.39, 0.29) is 5.91 Å². The largest absolute Gasteiger partial charge is 0.276 e. The zero-order valence-electron chi connectivity index (χ0n) is 15.5. The van der Waals surface area contributed by atoms with Crippen LogP contribution in [0.4, 0.5) is 5.69 Å². The summed E-state index contributed by atoms with van der Waals surface area (Å²) in [6, 6.07) is 21.0. The second-order valence-electron chi connectivity index (χ2n) is 6.74. The lowest BCUT2D eigenvalue weighted by atomic mass is 10.1. The van der Waals surface area contributed by atoms with Gasteiger partial charge < -0.3 is 0 Å². The molecule has 0 spiro atoms. The number of hydrogen-bond acceptors (Lipinski definition) is 1. The Balaban J connectivity index is 1.84. The number of benzene rings is 3. The van der Waals surface area contributed by atoms with E-state index in [4.69, 9.17) is 23.2 Å². The van der Waals surface area contributed by atoms with Crippen molar-refractivity contribution in [3.63, 3.8) is 0 Å². The van der Waals surface area contributed by atoms with Crippen molar-refractivity contribution in [2.45, 2.75) is 6.92 Å². The minimum Gasteiger partial charge on any atom is -0.276 e. The van der Waals surface area contributed by atoms with E-state index in [0.29, 0.717) is 15.6 Å². The second kappa shape index (κ2) is 8.19. The average molecular weight is 485 g/mol. The molecule has 2 nitrogen and oxygen atoms in total. The van der Waals surface area contributed by atoms with Crippen LogP contribution in [0.15, 0.2) is 82.9 Å². The number of carbonyl (C=O) groups is 1. The minimum atomic E-state index is -0.100. The van der Waals surface area contributed by atoms with Crippen molar-refractivity contribution in [2.75, 3.05) is 4.90 Å². The molecule has 1 heterocycles. The van der Waals surface area contributed by atoms with Crippen LogP contribution in [0, 0.1) is 6.92 Å². The van der Waals surface area contributed by atoms with Crippen molar-refractivity contribution in [1.82, 2.24) is 0 Å². The Kier molecular flexibility index (Phi) is 5.64. The molecule has 0 aliphatic carbocycles. The normalized spacial score (nSPS) is 15.2. The predicted molar refractivity (Wildman–Crippen MR) is 125 cm³/mol. The molecule has 1 aliphatic heterocycles. The maximum absolute atomic E-state index is 13.4. The third kappa shape index (κ3) is 4.04. The summed E-state index contributed by atoms with van der Waals surface area (Å²) in [4.78, 5) is 15.1. The molecule has 0 saturated carbocycles. The Morgan fingerprint density at radius 1 is 0.966 bits per heavy atom. The van der Waals surface area contributed by atoms with Crippen molar-refractivity contribution in [2.24, 2.45) is 0 Å². The quantitative estimate of drug-likeness (QED) is 0.351. The second-order valence-corrected chi connectivity index (χ2v) is 8.43. The van der Waals surface area contributed by atoms with Gasteiger partial charge in [0.2, 0.25) is 0 Å². The fourth-order valence-corrected chi connectivity index (χ4v) is 3.96. The van der Waals surface area contributed by atoms with E-state index >= 15 is 0 Å². The van der Waals surface area contributed by atoms with Gasteiger partial charge in [0.1, 0.15) is 0 Å². The topological polar surface area (TPSA) is 20.3 Å². The first-order valence-electron chi connectivity index (χ1n) is 8.98. The zero-order valence-corrected chi connectivity index (χ0v) is 18.6. The summed E-state index contributed by atoms with van der Waals surface area (Å²) < 4.78 is 1.00. The highest BCUT2D eigenvalue weighted by Gasteiger charge is 2.30. The van der Waals surface area contributed by atoms with Gasteiger partial charge in [-0.25, -0.2) is 0 Å². The van der Waals surface area contributed by atoms with Crippen molar-refractivity contribution in [3.8, 4) is 0 Å². The molecule has 0 radical (unpaired) electrons. The molecule has 0 unspecified atom stereocenters. The summed E-state index contributed by atoms with van der Waals surface area (Å²) in [6.45, 7) is 2.00. The van der Waals surface area contributed by atoms with Crippen LogP contribution in [0.1, 0.15) is 16.7 Å². The zero-order chi connectivity index (χ0) is 20.5. The highest BCUT2D eigenvalue weighted by atomic mass is 79.9. The highest BCUT2D eigenvalue weighted by Crippen LogP contribution is 2.37. The van der Waals surface area contributed by atoms with Gasteiger partial charge in [0, 0.05) is 25.8 Å². The van der Waals surface area contributed by atoms with Crippen LogP contribution in [0.3, 0.4) is 0 Å². The molecule has 0 bridgehead atoms. The van der Waals surface area contributed by atoms with Crippen LogP contribution in [-0.2, 0) is 4.79 Å². The predicted octanol–water partition coefficient (Wildman–Crippen LogP) is 7.54. The van der Waals surface area contributed by atoms with Crippen LogP contribution in [0.25, 0.3) is 11.8 Å². The summed E-state index contributed by atoms with van der Waals surface area (Å²) in [5.41, 5.74) is 4.98. The van der Waals surface area contributed by atoms with E-state index in [1.54, 1.807) is 23.1 Å². The number of carbonyl (C=O) groups excluding carboxylic acids is 1. The SMILES string of the molecule is Cc1cc(N2C(=O)/C(=C/c3ccc(Cl)cc3Cl)C=C2c2ccccc2)ccc1Br. The Morgan fingerprint density at radius 2 is 1.72 bits per heavy atom. The maximum Gasteiger partial charge on any atom is 0.262 e. The van der Waals surface area contributed by atoms with Crippen LogP contribution < -0.4 is 4.90 Å². The first kappa shape index (κ1) is 20.0. The van der Waals surface area contributed by atoms with Crippen molar-refractivity contribution in [3.05, 3.63) is 110 Å². The number of amides is 1. The molecule has 1 amide bonds. The molecule has 29 heavy (non-hydrogen) atoms. The molecule has 0 N–H and O–H groups in total. The summed E-state index contributed by atoms with van der Waals surface area (Å²) in [5, 5.41) is 1.06. The molecule has 0 saturated heterocycles. The van der Waals surface area contributed by atoms with Gasteiger partial charge in [-0.3, -0.25) is 9.69 Å². The van der Waals surface area contributed by atoms with Crippen LogP contribution >= 0.6 is 39.1 Å². The Labute approximate surface area is 188 Å². The van der Waals surface area contributed by atoms with Gasteiger partial charge in [0.25, 0.3) is 5.91 Å². The lowest BCUT2D eigenvalue weighted by molar-refractivity contribution is -0.113. The molecular formula is C24H16BrCl2NO. The molecule has 4 rings (SSSR count). The van der Waals surface area contributed by atoms with Gasteiger partial charge in [0.15, 0.2) is 0 Å². The molecule has 0 aromatic heterocycles.